The molecule has 0 aliphatic heterocycles. The molecule has 2 heteroatoms. The molecule has 2 N–H and O–H groups in total. The molecule has 0 aromatic heterocycles. The van der Waals surface area contributed by atoms with Crippen LogP contribution in [0.15, 0.2) is 12.2 Å². The Bertz CT molecular complexity index is 132. The van der Waals surface area contributed by atoms with Gasteiger partial charge in [0.15, 0.2) is 0 Å². The molecule has 0 radical (unpaired) electrons. The molecule has 0 saturated carbocycles. The van der Waals surface area contributed by atoms with Crippen molar-refractivity contribution >= 4 is 0 Å². The Hall–Kier alpha value is -0.340. The van der Waals surface area contributed by atoms with Crippen molar-refractivity contribution < 1.29 is 10.2 Å². The lowest BCUT2D eigenvalue weighted by Crippen LogP contribution is -2.06. The van der Waals surface area contributed by atoms with E-state index in [2.05, 4.69) is 13.0 Å². The van der Waals surface area contributed by atoms with E-state index in [0.717, 1.165) is 6.42 Å². The van der Waals surface area contributed by atoms with Crippen LogP contribution in [-0.2, 0) is 0 Å². The Labute approximate surface area is 87.7 Å². The minimum atomic E-state index is -0.369. The summed E-state index contributed by atoms with van der Waals surface area (Å²) in [5.74, 6) is 0. The zero-order valence-corrected chi connectivity index (χ0v) is 9.28. The van der Waals surface area contributed by atoms with Crippen LogP contribution < -0.4 is 0 Å². The highest BCUT2D eigenvalue weighted by atomic mass is 16.3. The zero-order valence-electron chi connectivity index (χ0n) is 9.28. The molecule has 0 unspecified atom stereocenters. The van der Waals surface area contributed by atoms with Crippen LogP contribution in [-0.4, -0.2) is 22.9 Å². The normalized spacial score (nSPS) is 13.6. The van der Waals surface area contributed by atoms with E-state index >= 15 is 0 Å². The van der Waals surface area contributed by atoms with Gasteiger partial charge < -0.3 is 10.2 Å². The van der Waals surface area contributed by atoms with E-state index in [-0.39, 0.29) is 12.7 Å². The van der Waals surface area contributed by atoms with Crippen LogP contribution in [0.2, 0.25) is 0 Å². The zero-order chi connectivity index (χ0) is 10.6. The van der Waals surface area contributed by atoms with Crippen LogP contribution in [0.1, 0.15) is 51.9 Å². The average Bonchev–Trinajstić information content (AvgIpc) is 2.17. The molecule has 0 rings (SSSR count). The molecule has 14 heavy (non-hydrogen) atoms. The van der Waals surface area contributed by atoms with Gasteiger partial charge in [-0.05, 0) is 25.7 Å². The van der Waals surface area contributed by atoms with E-state index in [0.29, 0.717) is 12.8 Å². The Kier molecular flexibility index (Phi) is 10.5. The summed E-state index contributed by atoms with van der Waals surface area (Å²) >= 11 is 0. The minimum absolute atomic E-state index is 0.0749. The Balaban J connectivity index is 3.18. The van der Waals surface area contributed by atoms with Crippen molar-refractivity contribution in [1.29, 1.82) is 0 Å². The fraction of sp³-hybridized carbons (Fsp3) is 0.833. The van der Waals surface area contributed by atoms with Crippen molar-refractivity contribution in [1.82, 2.24) is 0 Å². The van der Waals surface area contributed by atoms with Gasteiger partial charge in [-0.15, -0.1) is 0 Å². The Morgan fingerprint density at radius 2 is 1.93 bits per heavy atom. The molecule has 0 heterocycles. The second-order valence-corrected chi connectivity index (χ2v) is 3.72. The number of allylic oxidation sites excluding steroid dienone is 1. The van der Waals surface area contributed by atoms with E-state index in [9.17, 15) is 5.11 Å². The first-order chi connectivity index (χ1) is 6.81. The van der Waals surface area contributed by atoms with Gasteiger partial charge in [0.05, 0.1) is 6.10 Å². The smallest absolute Gasteiger partial charge is 0.0596 e. The van der Waals surface area contributed by atoms with Gasteiger partial charge in [-0.1, -0.05) is 38.3 Å². The molecule has 0 saturated heterocycles. The van der Waals surface area contributed by atoms with Crippen LogP contribution in [0.25, 0.3) is 0 Å². The van der Waals surface area contributed by atoms with Crippen molar-refractivity contribution in [3.63, 3.8) is 0 Å². The van der Waals surface area contributed by atoms with E-state index in [4.69, 9.17) is 5.11 Å². The number of hydrogen-bond donors (Lipinski definition) is 2. The first-order valence-electron chi connectivity index (χ1n) is 5.75. The van der Waals surface area contributed by atoms with Crippen molar-refractivity contribution in [2.75, 3.05) is 6.61 Å². The molecule has 1 atom stereocenters. The van der Waals surface area contributed by atoms with Crippen molar-refractivity contribution in [3.8, 4) is 0 Å². The summed E-state index contributed by atoms with van der Waals surface area (Å²) in [4.78, 5) is 0. The SMILES string of the molecule is CCCCCC/C=C/C[C@H](O)CCO. The lowest BCUT2D eigenvalue weighted by Gasteiger charge is -2.03. The maximum Gasteiger partial charge on any atom is 0.0596 e. The van der Waals surface area contributed by atoms with Crippen molar-refractivity contribution in [2.45, 2.75) is 58.0 Å². The number of unbranched alkanes of at least 4 members (excludes halogenated alkanes) is 4. The van der Waals surface area contributed by atoms with E-state index in [1.165, 1.54) is 25.7 Å². The molecule has 84 valence electrons. The first kappa shape index (κ1) is 13.7. The summed E-state index contributed by atoms with van der Waals surface area (Å²) in [5.41, 5.74) is 0. The molecular weight excluding hydrogens is 176 g/mol. The largest absolute Gasteiger partial charge is 0.396 e. The highest BCUT2D eigenvalue weighted by Gasteiger charge is 1.98. The molecule has 2 nitrogen and oxygen atoms in total. The van der Waals surface area contributed by atoms with Crippen molar-refractivity contribution in [3.05, 3.63) is 12.2 Å². The monoisotopic (exact) mass is 200 g/mol. The van der Waals surface area contributed by atoms with Crippen molar-refractivity contribution in [2.24, 2.45) is 0 Å². The average molecular weight is 200 g/mol. The standard InChI is InChI=1S/C12H24O2/c1-2-3-4-5-6-7-8-9-12(14)10-11-13/h7-8,12-14H,2-6,9-11H2,1H3/b8-7+/t12-/m0/s1. The van der Waals surface area contributed by atoms with Gasteiger partial charge in [0.2, 0.25) is 0 Å². The second kappa shape index (κ2) is 10.7. The molecule has 0 aliphatic carbocycles. The third-order valence-corrected chi connectivity index (χ3v) is 2.26. The van der Waals surface area contributed by atoms with Gasteiger partial charge in [-0.3, -0.25) is 0 Å². The second-order valence-electron chi connectivity index (χ2n) is 3.72. The highest BCUT2D eigenvalue weighted by molar-refractivity contribution is 4.83. The van der Waals surface area contributed by atoms with Gasteiger partial charge in [0, 0.05) is 6.61 Å². The Morgan fingerprint density at radius 3 is 2.57 bits per heavy atom. The number of aliphatic hydroxyl groups is 2. The Morgan fingerprint density at radius 1 is 1.14 bits per heavy atom. The van der Waals surface area contributed by atoms with Crippen LogP contribution in [0, 0.1) is 0 Å². The topological polar surface area (TPSA) is 40.5 Å². The fourth-order valence-corrected chi connectivity index (χ4v) is 1.33. The van der Waals surface area contributed by atoms with Gasteiger partial charge in [0.1, 0.15) is 0 Å². The van der Waals surface area contributed by atoms with E-state index < -0.39 is 0 Å². The molecule has 0 bridgehead atoms. The van der Waals surface area contributed by atoms with E-state index in [1.807, 2.05) is 6.08 Å². The quantitative estimate of drug-likeness (QED) is 0.444. The van der Waals surface area contributed by atoms with Crippen LogP contribution in [0.3, 0.4) is 0 Å². The third-order valence-electron chi connectivity index (χ3n) is 2.26. The van der Waals surface area contributed by atoms with Crippen LogP contribution >= 0.6 is 0 Å². The predicted octanol–water partition coefficient (Wildman–Crippen LogP) is 2.65. The molecule has 0 aromatic rings. The molecular formula is C12H24O2. The molecule has 0 spiro atoms. The summed E-state index contributed by atoms with van der Waals surface area (Å²) in [6, 6.07) is 0. The van der Waals surface area contributed by atoms with Crippen LogP contribution in [0.5, 0.6) is 0 Å². The molecule has 0 aliphatic rings. The number of rotatable bonds is 9. The fourth-order valence-electron chi connectivity index (χ4n) is 1.33. The molecule has 0 aromatic carbocycles. The molecule has 0 fully saturated rings. The van der Waals surface area contributed by atoms with Gasteiger partial charge in [-0.2, -0.15) is 0 Å². The minimum Gasteiger partial charge on any atom is -0.396 e. The number of hydrogen-bond acceptors (Lipinski definition) is 2. The van der Waals surface area contributed by atoms with Crippen LogP contribution in [0.4, 0.5) is 0 Å². The summed E-state index contributed by atoms with van der Waals surface area (Å²) in [5, 5.41) is 17.8. The van der Waals surface area contributed by atoms with Gasteiger partial charge in [-0.25, -0.2) is 0 Å². The lowest BCUT2D eigenvalue weighted by molar-refractivity contribution is 0.135. The third kappa shape index (κ3) is 9.75. The van der Waals surface area contributed by atoms with Gasteiger partial charge >= 0.3 is 0 Å². The number of aliphatic hydroxyl groups excluding tert-OH is 2. The first-order valence-corrected chi connectivity index (χ1v) is 5.75. The van der Waals surface area contributed by atoms with Gasteiger partial charge in [0.25, 0.3) is 0 Å². The molecule has 0 amide bonds. The summed E-state index contributed by atoms with van der Waals surface area (Å²) in [7, 11) is 0. The summed E-state index contributed by atoms with van der Waals surface area (Å²) in [6.45, 7) is 2.28. The summed E-state index contributed by atoms with van der Waals surface area (Å²) in [6.07, 6.45) is 11.2. The lowest BCUT2D eigenvalue weighted by atomic mass is 10.1. The maximum absolute atomic E-state index is 9.28. The predicted molar refractivity (Wildman–Crippen MR) is 60.2 cm³/mol. The summed E-state index contributed by atoms with van der Waals surface area (Å²) < 4.78 is 0. The maximum atomic E-state index is 9.28. The highest BCUT2D eigenvalue weighted by Crippen LogP contribution is 2.04. The van der Waals surface area contributed by atoms with E-state index in [1.54, 1.807) is 0 Å².